The summed E-state index contributed by atoms with van der Waals surface area (Å²) in [5.41, 5.74) is 1.36. The molecule has 2 aliphatic carbocycles. The Labute approximate surface area is 160 Å². The van der Waals surface area contributed by atoms with Crippen molar-refractivity contribution in [2.75, 3.05) is 19.7 Å². The lowest BCUT2D eigenvalue weighted by Crippen LogP contribution is -2.50. The monoisotopic (exact) mass is 374 g/mol. The number of H-pyrrole nitrogens is 1. The van der Waals surface area contributed by atoms with Crippen molar-refractivity contribution in [3.63, 3.8) is 0 Å². The van der Waals surface area contributed by atoms with E-state index in [0.717, 1.165) is 44.1 Å². The molecule has 0 aromatic carbocycles. The molecule has 0 spiro atoms. The second-order valence-corrected chi connectivity index (χ2v) is 8.62. The number of carbonyl (C=O) groups excluding carboxylic acids is 2. The molecule has 27 heavy (non-hydrogen) atoms. The second kappa shape index (κ2) is 7.26. The Bertz CT molecular complexity index is 727. The summed E-state index contributed by atoms with van der Waals surface area (Å²) in [4.78, 5) is 34.0. The number of nitrogens with zero attached hydrogens (tertiary/aromatic N) is 2. The molecule has 4 atom stereocenters. The molecule has 7 nitrogen and oxygen atoms in total. The van der Waals surface area contributed by atoms with Crippen LogP contribution < -0.4 is 5.32 Å². The van der Waals surface area contributed by atoms with Gasteiger partial charge < -0.3 is 19.9 Å². The topological polar surface area (TPSA) is 87.3 Å². The lowest BCUT2D eigenvalue weighted by Gasteiger charge is -2.38. The number of imidazole rings is 1. The number of amides is 2. The highest BCUT2D eigenvalue weighted by molar-refractivity contribution is 5.93. The number of likely N-dealkylation sites (tertiary alicyclic amines) is 1. The van der Waals surface area contributed by atoms with Gasteiger partial charge in [-0.2, -0.15) is 0 Å². The zero-order valence-electron chi connectivity index (χ0n) is 16.5. The van der Waals surface area contributed by atoms with Crippen molar-refractivity contribution in [1.29, 1.82) is 0 Å². The minimum absolute atomic E-state index is 0.00739. The van der Waals surface area contributed by atoms with E-state index >= 15 is 0 Å². The first-order chi connectivity index (χ1) is 12.9. The standard InChI is InChI=1S/C20H30N4O3/c1-11-19(22-12(2)21-11)20(26)24-8-15-6-17(23-13(3)25)18(7-16(15)9-24)27-10-14-4-5-14/h14-18H,4-10H2,1-3H3,(H,21,22)(H,23,25)/t15-,16+,17-,18-/m1/s1. The van der Waals surface area contributed by atoms with Crippen LogP contribution in [0.25, 0.3) is 0 Å². The molecule has 0 radical (unpaired) electrons. The number of aromatic nitrogens is 2. The molecule has 7 heteroatoms. The molecule has 1 aromatic heterocycles. The third-order valence-electron chi connectivity index (χ3n) is 6.24. The van der Waals surface area contributed by atoms with Crippen molar-refractivity contribution in [1.82, 2.24) is 20.2 Å². The molecule has 4 rings (SSSR count). The summed E-state index contributed by atoms with van der Waals surface area (Å²) in [7, 11) is 0. The first-order valence-corrected chi connectivity index (χ1v) is 10.1. The maximum Gasteiger partial charge on any atom is 0.274 e. The van der Waals surface area contributed by atoms with E-state index < -0.39 is 0 Å². The van der Waals surface area contributed by atoms with Gasteiger partial charge in [-0.3, -0.25) is 9.59 Å². The van der Waals surface area contributed by atoms with Crippen LogP contribution in [0.4, 0.5) is 0 Å². The van der Waals surface area contributed by atoms with Crippen LogP contribution >= 0.6 is 0 Å². The van der Waals surface area contributed by atoms with E-state index in [1.165, 1.54) is 12.8 Å². The Morgan fingerprint density at radius 2 is 1.93 bits per heavy atom. The molecule has 3 aliphatic rings. The van der Waals surface area contributed by atoms with Crippen LogP contribution in [0.15, 0.2) is 0 Å². The van der Waals surface area contributed by atoms with Gasteiger partial charge in [0.05, 0.1) is 12.1 Å². The van der Waals surface area contributed by atoms with E-state index in [2.05, 4.69) is 15.3 Å². The molecule has 2 saturated carbocycles. The summed E-state index contributed by atoms with van der Waals surface area (Å²) in [6.07, 6.45) is 4.36. The number of aromatic amines is 1. The molecular weight excluding hydrogens is 344 g/mol. The molecule has 3 fully saturated rings. The van der Waals surface area contributed by atoms with Crippen LogP contribution in [-0.2, 0) is 9.53 Å². The van der Waals surface area contributed by atoms with Gasteiger partial charge in [-0.05, 0) is 57.3 Å². The average molecular weight is 374 g/mol. The molecule has 1 saturated heterocycles. The Balaban J connectivity index is 1.43. The Kier molecular flexibility index (Phi) is 4.97. The molecule has 1 aliphatic heterocycles. The molecular formula is C20H30N4O3. The summed E-state index contributed by atoms with van der Waals surface area (Å²) < 4.78 is 6.20. The fourth-order valence-electron chi connectivity index (χ4n) is 4.69. The Morgan fingerprint density at radius 1 is 1.22 bits per heavy atom. The largest absolute Gasteiger partial charge is 0.376 e. The first kappa shape index (κ1) is 18.5. The molecule has 0 bridgehead atoms. The normalized spacial score (nSPS) is 30.3. The molecule has 148 valence electrons. The number of hydrogen-bond donors (Lipinski definition) is 2. The maximum atomic E-state index is 12.9. The SMILES string of the molecule is CC(=O)N[C@@H]1C[C@@H]2CN(C(=O)c3nc(C)[nH]c3C)C[C@@H]2C[C@H]1OCC1CC1. The van der Waals surface area contributed by atoms with E-state index in [4.69, 9.17) is 4.74 Å². The number of rotatable bonds is 5. The fourth-order valence-corrected chi connectivity index (χ4v) is 4.69. The van der Waals surface area contributed by atoms with Crippen LogP contribution in [0.5, 0.6) is 0 Å². The quantitative estimate of drug-likeness (QED) is 0.823. The lowest BCUT2D eigenvalue weighted by atomic mass is 9.77. The number of aryl methyl sites for hydroxylation is 2. The van der Waals surface area contributed by atoms with E-state index in [1.54, 1.807) is 6.92 Å². The number of hydrogen-bond acceptors (Lipinski definition) is 4. The minimum atomic E-state index is -0.00739. The number of carbonyl (C=O) groups is 2. The lowest BCUT2D eigenvalue weighted by molar-refractivity contribution is -0.122. The Morgan fingerprint density at radius 3 is 2.52 bits per heavy atom. The highest BCUT2D eigenvalue weighted by atomic mass is 16.5. The smallest absolute Gasteiger partial charge is 0.274 e. The predicted molar refractivity (Wildman–Crippen MR) is 100 cm³/mol. The van der Waals surface area contributed by atoms with E-state index in [0.29, 0.717) is 23.4 Å². The van der Waals surface area contributed by atoms with Crippen molar-refractivity contribution in [2.24, 2.45) is 17.8 Å². The summed E-state index contributed by atoms with van der Waals surface area (Å²) in [5.74, 6) is 2.32. The third-order valence-corrected chi connectivity index (χ3v) is 6.24. The average Bonchev–Trinajstić information content (AvgIpc) is 3.24. The van der Waals surface area contributed by atoms with Crippen LogP contribution in [0.1, 0.15) is 54.6 Å². The summed E-state index contributed by atoms with van der Waals surface area (Å²) in [6, 6.07) is 0.0481. The number of fused-ring (bicyclic) bond motifs is 1. The highest BCUT2D eigenvalue weighted by Gasteiger charge is 2.45. The van der Waals surface area contributed by atoms with Gasteiger partial charge >= 0.3 is 0 Å². The molecule has 1 aromatic rings. The maximum absolute atomic E-state index is 12.9. The molecule has 2 amide bonds. The predicted octanol–water partition coefficient (Wildman–Crippen LogP) is 1.81. The third kappa shape index (κ3) is 4.03. The number of nitrogens with one attached hydrogen (secondary N) is 2. The van der Waals surface area contributed by atoms with Gasteiger partial charge in [-0.15, -0.1) is 0 Å². The second-order valence-electron chi connectivity index (χ2n) is 8.62. The Hall–Kier alpha value is -1.89. The van der Waals surface area contributed by atoms with Gasteiger partial charge in [0.1, 0.15) is 11.5 Å². The zero-order chi connectivity index (χ0) is 19.1. The van der Waals surface area contributed by atoms with Gasteiger partial charge in [0.15, 0.2) is 0 Å². The van der Waals surface area contributed by atoms with Crippen molar-refractivity contribution in [3.05, 3.63) is 17.2 Å². The number of ether oxygens (including phenoxy) is 1. The minimum Gasteiger partial charge on any atom is -0.376 e. The van der Waals surface area contributed by atoms with Gasteiger partial charge in [0.2, 0.25) is 5.91 Å². The summed E-state index contributed by atoms with van der Waals surface area (Å²) in [5, 5.41) is 3.09. The van der Waals surface area contributed by atoms with Crippen molar-refractivity contribution in [2.45, 2.75) is 58.6 Å². The molecule has 2 heterocycles. The molecule has 0 unspecified atom stereocenters. The zero-order valence-corrected chi connectivity index (χ0v) is 16.5. The van der Waals surface area contributed by atoms with Crippen LogP contribution in [0.2, 0.25) is 0 Å². The van der Waals surface area contributed by atoms with Crippen LogP contribution in [0, 0.1) is 31.6 Å². The van der Waals surface area contributed by atoms with Crippen molar-refractivity contribution in [3.8, 4) is 0 Å². The van der Waals surface area contributed by atoms with Crippen molar-refractivity contribution < 1.29 is 14.3 Å². The van der Waals surface area contributed by atoms with Crippen LogP contribution in [-0.4, -0.2) is 58.5 Å². The first-order valence-electron chi connectivity index (χ1n) is 10.1. The van der Waals surface area contributed by atoms with Gasteiger partial charge in [0, 0.05) is 32.3 Å². The summed E-state index contributed by atoms with van der Waals surface area (Å²) in [6.45, 7) is 7.62. The van der Waals surface area contributed by atoms with E-state index in [9.17, 15) is 9.59 Å². The fraction of sp³-hybridized carbons (Fsp3) is 0.750. The highest BCUT2D eigenvalue weighted by Crippen LogP contribution is 2.39. The van der Waals surface area contributed by atoms with Crippen molar-refractivity contribution >= 4 is 11.8 Å². The van der Waals surface area contributed by atoms with Gasteiger partial charge in [-0.1, -0.05) is 0 Å². The van der Waals surface area contributed by atoms with Gasteiger partial charge in [0.25, 0.3) is 5.91 Å². The van der Waals surface area contributed by atoms with E-state index in [-0.39, 0.29) is 24.0 Å². The summed E-state index contributed by atoms with van der Waals surface area (Å²) >= 11 is 0. The van der Waals surface area contributed by atoms with Gasteiger partial charge in [-0.25, -0.2) is 4.98 Å². The van der Waals surface area contributed by atoms with Crippen LogP contribution in [0.3, 0.4) is 0 Å². The molecule has 2 N–H and O–H groups in total. The van der Waals surface area contributed by atoms with E-state index in [1.807, 2.05) is 18.7 Å².